The van der Waals surface area contributed by atoms with E-state index in [2.05, 4.69) is 11.4 Å². The van der Waals surface area contributed by atoms with Gasteiger partial charge >= 0.3 is 0 Å². The Morgan fingerprint density at radius 1 is 2.00 bits per heavy atom. The Hall–Kier alpha value is -0.770. The Morgan fingerprint density at radius 2 is 2.50 bits per heavy atom. The van der Waals surface area contributed by atoms with Gasteiger partial charge in [-0.1, -0.05) is 6.58 Å². The van der Waals surface area contributed by atoms with Crippen LogP contribution >= 0.6 is 0 Å². The van der Waals surface area contributed by atoms with E-state index < -0.39 is 0 Å². The standard InChI is InChI=1S/C5H7N/c1-5(2)4-6-3/h1,4H2,2H3. The second-order valence-corrected chi connectivity index (χ2v) is 1.27. The van der Waals surface area contributed by atoms with Crippen molar-refractivity contribution in [3.8, 4) is 0 Å². The van der Waals surface area contributed by atoms with Gasteiger partial charge < -0.3 is 4.85 Å². The summed E-state index contributed by atoms with van der Waals surface area (Å²) in [5.74, 6) is 0. The summed E-state index contributed by atoms with van der Waals surface area (Å²) in [6.07, 6.45) is 0. The lowest BCUT2D eigenvalue weighted by Gasteiger charge is -1.75. The first-order valence-electron chi connectivity index (χ1n) is 1.75. The van der Waals surface area contributed by atoms with Crippen molar-refractivity contribution in [3.05, 3.63) is 23.6 Å². The van der Waals surface area contributed by atoms with E-state index in [1.807, 2.05) is 6.92 Å². The normalized spacial score (nSPS) is 6.67. The molecule has 0 radical (unpaired) electrons. The molecule has 0 spiro atoms. The molecule has 0 saturated carbocycles. The lowest BCUT2D eigenvalue weighted by Crippen LogP contribution is -1.71. The van der Waals surface area contributed by atoms with Crippen LogP contribution in [0.3, 0.4) is 0 Å². The lowest BCUT2D eigenvalue weighted by molar-refractivity contribution is 1.32. The van der Waals surface area contributed by atoms with E-state index in [0.717, 1.165) is 5.57 Å². The highest BCUT2D eigenvalue weighted by Gasteiger charge is 1.79. The van der Waals surface area contributed by atoms with Gasteiger partial charge in [0.05, 0.1) is 0 Å². The monoisotopic (exact) mass is 81.1 g/mol. The maximum atomic E-state index is 6.30. The third-order valence-electron chi connectivity index (χ3n) is 0.349. The van der Waals surface area contributed by atoms with Crippen LogP contribution in [0.25, 0.3) is 4.85 Å². The number of rotatable bonds is 1. The molecule has 0 aromatic heterocycles. The van der Waals surface area contributed by atoms with Gasteiger partial charge in [-0.2, -0.15) is 0 Å². The Labute approximate surface area is 38.1 Å². The summed E-state index contributed by atoms with van der Waals surface area (Å²) in [5.41, 5.74) is 0.935. The molecule has 0 aliphatic carbocycles. The molecule has 0 unspecified atom stereocenters. The molecule has 0 N–H and O–H groups in total. The van der Waals surface area contributed by atoms with Gasteiger partial charge in [0.15, 0.2) is 0 Å². The second kappa shape index (κ2) is 2.47. The highest BCUT2D eigenvalue weighted by atomic mass is 14.6. The number of nitrogens with zero attached hydrogens (tertiary/aromatic N) is 1. The van der Waals surface area contributed by atoms with Crippen LogP contribution in [0.15, 0.2) is 12.2 Å². The Bertz CT molecular complexity index is 86.6. The van der Waals surface area contributed by atoms with Crippen molar-refractivity contribution in [2.24, 2.45) is 0 Å². The zero-order valence-electron chi connectivity index (χ0n) is 3.86. The molecule has 0 saturated heterocycles. The third-order valence-corrected chi connectivity index (χ3v) is 0.349. The van der Waals surface area contributed by atoms with Crippen LogP contribution < -0.4 is 0 Å². The fourth-order valence-electron chi connectivity index (χ4n) is 0.135. The first-order valence-corrected chi connectivity index (χ1v) is 1.75. The van der Waals surface area contributed by atoms with Crippen molar-refractivity contribution in [1.82, 2.24) is 0 Å². The molecule has 0 amide bonds. The van der Waals surface area contributed by atoms with Gasteiger partial charge in [0.25, 0.3) is 0 Å². The summed E-state index contributed by atoms with van der Waals surface area (Å²) in [6, 6.07) is 0. The van der Waals surface area contributed by atoms with E-state index in [1.165, 1.54) is 0 Å². The fourth-order valence-corrected chi connectivity index (χ4v) is 0.135. The largest absolute Gasteiger partial charge is 0.312 e. The van der Waals surface area contributed by atoms with Crippen LogP contribution in [-0.2, 0) is 0 Å². The zero-order valence-corrected chi connectivity index (χ0v) is 3.86. The van der Waals surface area contributed by atoms with Crippen LogP contribution in [0.4, 0.5) is 0 Å². The number of hydrogen-bond acceptors (Lipinski definition) is 0. The van der Waals surface area contributed by atoms with E-state index in [9.17, 15) is 0 Å². The van der Waals surface area contributed by atoms with Gasteiger partial charge in [-0.25, -0.2) is 6.57 Å². The molecule has 0 heterocycles. The minimum atomic E-state index is 0.472. The summed E-state index contributed by atoms with van der Waals surface area (Å²) in [7, 11) is 0. The molecule has 0 fully saturated rings. The second-order valence-electron chi connectivity index (χ2n) is 1.27. The van der Waals surface area contributed by atoms with Gasteiger partial charge in [0.2, 0.25) is 6.54 Å². The van der Waals surface area contributed by atoms with Crippen molar-refractivity contribution in [3.63, 3.8) is 0 Å². The minimum Gasteiger partial charge on any atom is -0.312 e. The van der Waals surface area contributed by atoms with E-state index in [-0.39, 0.29) is 0 Å². The Balaban J connectivity index is 3.13. The molecule has 0 rings (SSSR count). The topological polar surface area (TPSA) is 4.36 Å². The fraction of sp³-hybridized carbons (Fsp3) is 0.400. The molecule has 1 heteroatoms. The predicted molar refractivity (Wildman–Crippen MR) is 26.3 cm³/mol. The van der Waals surface area contributed by atoms with Crippen LogP contribution in [0.1, 0.15) is 6.92 Å². The molecule has 0 aliphatic rings. The summed E-state index contributed by atoms with van der Waals surface area (Å²) >= 11 is 0. The first-order chi connectivity index (χ1) is 2.77. The highest BCUT2D eigenvalue weighted by Crippen LogP contribution is 1.83. The third kappa shape index (κ3) is 3.23. The van der Waals surface area contributed by atoms with Gasteiger partial charge in [-0.15, -0.1) is 0 Å². The van der Waals surface area contributed by atoms with Crippen LogP contribution in [-0.4, -0.2) is 6.54 Å². The zero-order chi connectivity index (χ0) is 4.99. The quantitative estimate of drug-likeness (QED) is 0.332. The lowest BCUT2D eigenvalue weighted by atomic mass is 10.4. The van der Waals surface area contributed by atoms with Gasteiger partial charge in [0.1, 0.15) is 0 Å². The van der Waals surface area contributed by atoms with Crippen LogP contribution in [0, 0.1) is 6.57 Å². The van der Waals surface area contributed by atoms with E-state index in [4.69, 9.17) is 6.57 Å². The van der Waals surface area contributed by atoms with Gasteiger partial charge in [-0.05, 0) is 12.5 Å². The molecule has 32 valence electrons. The smallest absolute Gasteiger partial charge is 0.235 e. The molecular weight excluding hydrogens is 74.1 g/mol. The highest BCUT2D eigenvalue weighted by molar-refractivity contribution is 4.95. The van der Waals surface area contributed by atoms with E-state index >= 15 is 0 Å². The Kier molecular flexibility index (Phi) is 2.15. The molecule has 0 atom stereocenters. The maximum Gasteiger partial charge on any atom is 0.235 e. The maximum absolute atomic E-state index is 6.30. The summed E-state index contributed by atoms with van der Waals surface area (Å²) in [4.78, 5) is 3.09. The van der Waals surface area contributed by atoms with Gasteiger partial charge in [-0.3, -0.25) is 0 Å². The summed E-state index contributed by atoms with van der Waals surface area (Å²) in [6.45, 7) is 12.1. The van der Waals surface area contributed by atoms with Crippen molar-refractivity contribution in [2.45, 2.75) is 6.92 Å². The van der Waals surface area contributed by atoms with Crippen LogP contribution in [0.5, 0.6) is 0 Å². The van der Waals surface area contributed by atoms with Crippen molar-refractivity contribution >= 4 is 0 Å². The molecule has 1 nitrogen and oxygen atoms in total. The van der Waals surface area contributed by atoms with E-state index in [0.29, 0.717) is 6.54 Å². The summed E-state index contributed by atoms with van der Waals surface area (Å²) in [5, 5.41) is 0. The first kappa shape index (κ1) is 5.23. The predicted octanol–water partition coefficient (Wildman–Crippen LogP) is 1.48. The summed E-state index contributed by atoms with van der Waals surface area (Å²) < 4.78 is 0. The molecule has 0 aromatic rings. The van der Waals surface area contributed by atoms with Crippen molar-refractivity contribution in [2.75, 3.05) is 6.54 Å². The van der Waals surface area contributed by atoms with Crippen LogP contribution in [0.2, 0.25) is 0 Å². The Morgan fingerprint density at radius 3 is 2.50 bits per heavy atom. The van der Waals surface area contributed by atoms with Crippen molar-refractivity contribution < 1.29 is 0 Å². The SMILES string of the molecule is [C-]#[N+]CC(=C)C. The molecule has 0 aromatic carbocycles. The molecule has 0 aliphatic heterocycles. The molecular formula is C5H7N. The number of hydrogen-bond donors (Lipinski definition) is 0. The average molecular weight is 81.1 g/mol. The minimum absolute atomic E-state index is 0.472. The molecule has 6 heavy (non-hydrogen) atoms. The van der Waals surface area contributed by atoms with Gasteiger partial charge in [0, 0.05) is 0 Å². The molecule has 0 bridgehead atoms. The van der Waals surface area contributed by atoms with E-state index in [1.54, 1.807) is 0 Å². The van der Waals surface area contributed by atoms with Crippen molar-refractivity contribution in [1.29, 1.82) is 0 Å². The average Bonchev–Trinajstić information content (AvgIpc) is 1.35.